The van der Waals surface area contributed by atoms with Gasteiger partial charge in [-0.3, -0.25) is 9.59 Å². The normalized spacial score (nSPS) is 12.5. The molecule has 220 valence electrons. The van der Waals surface area contributed by atoms with E-state index < -0.39 is 12.1 Å². The Kier molecular flexibility index (Phi) is 13.1. The van der Waals surface area contributed by atoms with E-state index in [9.17, 15) is 14.7 Å². The Morgan fingerprint density at radius 3 is 2.15 bits per heavy atom. The van der Waals surface area contributed by atoms with E-state index in [1.54, 1.807) is 12.1 Å². The second-order valence-electron chi connectivity index (χ2n) is 11.0. The predicted octanol–water partition coefficient (Wildman–Crippen LogP) is 5.49. The molecule has 0 spiro atoms. The van der Waals surface area contributed by atoms with E-state index in [1.165, 1.54) is 11.1 Å². The van der Waals surface area contributed by atoms with Crippen LogP contribution in [0.4, 0.5) is 0 Å². The fraction of sp³-hybridized carbons (Fsp3) is 0.429. The third kappa shape index (κ3) is 10.5. The van der Waals surface area contributed by atoms with Gasteiger partial charge in [-0.25, -0.2) is 0 Å². The summed E-state index contributed by atoms with van der Waals surface area (Å²) in [6.07, 6.45) is 3.40. The number of nitrogens with one attached hydrogen (secondary N) is 2. The quantitative estimate of drug-likeness (QED) is 0.204. The number of hydrogen-bond donors (Lipinski definition) is 3. The van der Waals surface area contributed by atoms with Crippen LogP contribution in [0.3, 0.4) is 0 Å². The van der Waals surface area contributed by atoms with Crippen molar-refractivity contribution in [3.8, 4) is 0 Å². The minimum Gasteiger partial charge on any atom is -0.390 e. The van der Waals surface area contributed by atoms with Crippen molar-refractivity contribution in [1.82, 2.24) is 15.5 Å². The van der Waals surface area contributed by atoms with Crippen LogP contribution >= 0.6 is 0 Å². The molecule has 6 heteroatoms. The predicted molar refractivity (Wildman–Crippen MR) is 167 cm³/mol. The van der Waals surface area contributed by atoms with Crippen LogP contribution in [0.5, 0.6) is 0 Å². The molecule has 0 radical (unpaired) electrons. The van der Waals surface area contributed by atoms with E-state index in [0.29, 0.717) is 37.2 Å². The van der Waals surface area contributed by atoms with Crippen molar-refractivity contribution in [2.45, 2.75) is 71.9 Å². The fourth-order valence-corrected chi connectivity index (χ4v) is 5.04. The van der Waals surface area contributed by atoms with Crippen LogP contribution in [-0.4, -0.2) is 60.1 Å². The summed E-state index contributed by atoms with van der Waals surface area (Å²) in [6.45, 7) is 10.6. The van der Waals surface area contributed by atoms with E-state index in [0.717, 1.165) is 43.4 Å². The van der Waals surface area contributed by atoms with Gasteiger partial charge >= 0.3 is 0 Å². The third-order valence-electron chi connectivity index (χ3n) is 7.23. The fourth-order valence-electron chi connectivity index (χ4n) is 5.04. The maximum atomic E-state index is 13.5. The van der Waals surface area contributed by atoms with Crippen molar-refractivity contribution in [2.75, 3.05) is 26.2 Å². The van der Waals surface area contributed by atoms with Crippen molar-refractivity contribution < 1.29 is 14.7 Å². The van der Waals surface area contributed by atoms with Crippen LogP contribution in [0.2, 0.25) is 0 Å². The molecule has 0 aromatic heterocycles. The van der Waals surface area contributed by atoms with Crippen LogP contribution in [0.1, 0.15) is 76.1 Å². The molecule has 0 bridgehead atoms. The van der Waals surface area contributed by atoms with Crippen molar-refractivity contribution in [3.05, 3.63) is 106 Å². The van der Waals surface area contributed by atoms with Crippen LogP contribution < -0.4 is 10.6 Å². The van der Waals surface area contributed by atoms with Gasteiger partial charge in [-0.15, -0.1) is 0 Å². The van der Waals surface area contributed by atoms with Gasteiger partial charge in [0.25, 0.3) is 11.8 Å². The van der Waals surface area contributed by atoms with E-state index in [1.807, 2.05) is 48.2 Å². The van der Waals surface area contributed by atoms with Crippen LogP contribution in [0.15, 0.2) is 72.8 Å². The number of aliphatic hydroxyl groups is 1. The van der Waals surface area contributed by atoms with Crippen molar-refractivity contribution in [3.63, 3.8) is 0 Å². The molecule has 2 amide bonds. The second kappa shape index (κ2) is 16.7. The maximum Gasteiger partial charge on any atom is 0.253 e. The lowest BCUT2D eigenvalue weighted by Gasteiger charge is -2.25. The number of carbonyl (C=O) groups is 2. The highest BCUT2D eigenvalue weighted by Gasteiger charge is 2.24. The van der Waals surface area contributed by atoms with E-state index >= 15 is 0 Å². The van der Waals surface area contributed by atoms with Gasteiger partial charge in [0.2, 0.25) is 0 Å². The first-order valence-electron chi connectivity index (χ1n) is 15.0. The number of aryl methyl sites for hydroxylation is 3. The summed E-state index contributed by atoms with van der Waals surface area (Å²) in [4.78, 5) is 28.6. The Balaban J connectivity index is 1.67. The van der Waals surface area contributed by atoms with Crippen LogP contribution in [0, 0.1) is 13.8 Å². The van der Waals surface area contributed by atoms with Gasteiger partial charge in [-0.05, 0) is 87.4 Å². The van der Waals surface area contributed by atoms with Gasteiger partial charge in [-0.1, -0.05) is 74.0 Å². The number of rotatable bonds is 16. The molecule has 41 heavy (non-hydrogen) atoms. The lowest BCUT2D eigenvalue weighted by atomic mass is 9.99. The molecule has 3 aromatic rings. The monoisotopic (exact) mass is 557 g/mol. The number of nitrogens with zero attached hydrogens (tertiary/aromatic N) is 1. The number of amides is 2. The third-order valence-corrected chi connectivity index (χ3v) is 7.23. The minimum absolute atomic E-state index is 0.0536. The molecule has 0 heterocycles. The molecule has 3 rings (SSSR count). The van der Waals surface area contributed by atoms with Gasteiger partial charge < -0.3 is 20.6 Å². The molecule has 3 N–H and O–H groups in total. The highest BCUT2D eigenvalue weighted by Crippen LogP contribution is 2.15. The Hall–Kier alpha value is -3.48. The number of benzene rings is 3. The Labute approximate surface area is 246 Å². The Bertz CT molecular complexity index is 1220. The lowest BCUT2D eigenvalue weighted by molar-refractivity contribution is 0.0755. The van der Waals surface area contributed by atoms with Crippen LogP contribution in [-0.2, 0) is 12.8 Å². The number of carbonyl (C=O) groups excluding carboxylic acids is 2. The van der Waals surface area contributed by atoms with E-state index in [2.05, 4.69) is 55.7 Å². The van der Waals surface area contributed by atoms with Crippen molar-refractivity contribution >= 4 is 11.8 Å². The number of aliphatic hydroxyl groups excluding tert-OH is 1. The summed E-state index contributed by atoms with van der Waals surface area (Å²) in [7, 11) is 0. The van der Waals surface area contributed by atoms with Crippen LogP contribution in [0.25, 0.3) is 0 Å². The molecule has 0 saturated heterocycles. The summed E-state index contributed by atoms with van der Waals surface area (Å²) in [5.41, 5.74) is 5.39. The van der Waals surface area contributed by atoms with Crippen molar-refractivity contribution in [2.24, 2.45) is 0 Å². The molecule has 0 aliphatic heterocycles. The van der Waals surface area contributed by atoms with Gasteiger partial charge in [0.05, 0.1) is 12.1 Å². The van der Waals surface area contributed by atoms with Crippen molar-refractivity contribution in [1.29, 1.82) is 0 Å². The molecule has 0 aliphatic rings. The largest absolute Gasteiger partial charge is 0.390 e. The first-order chi connectivity index (χ1) is 19.8. The summed E-state index contributed by atoms with van der Waals surface area (Å²) in [5, 5.41) is 17.6. The topological polar surface area (TPSA) is 81.7 Å². The standard InChI is InChI=1S/C35H47N3O3/c1-5-19-38(20-6-2)35(41)31-22-27(4)21-30(24-31)34(40)37-32(23-29-11-8-7-9-12-29)33(39)25-36-18-10-13-28-16-14-26(3)15-17-28/h7-9,11-12,14-17,21-22,24,32-33,36,39H,5-6,10,13,18-20,23,25H2,1-4H3,(H,37,40)/t32-,33+/m0/s1. The summed E-state index contributed by atoms with van der Waals surface area (Å²) >= 11 is 0. The molecular formula is C35H47N3O3. The zero-order valence-electron chi connectivity index (χ0n) is 25.2. The molecule has 0 fully saturated rings. The molecule has 6 nitrogen and oxygen atoms in total. The second-order valence-corrected chi connectivity index (χ2v) is 11.0. The average Bonchev–Trinajstić information content (AvgIpc) is 2.97. The van der Waals surface area contributed by atoms with Gasteiger partial charge in [0.15, 0.2) is 0 Å². The Morgan fingerprint density at radius 1 is 0.829 bits per heavy atom. The van der Waals surface area contributed by atoms with Gasteiger partial charge in [-0.2, -0.15) is 0 Å². The van der Waals surface area contributed by atoms with E-state index in [-0.39, 0.29) is 11.8 Å². The first kappa shape index (κ1) is 32.0. The van der Waals surface area contributed by atoms with E-state index in [4.69, 9.17) is 0 Å². The maximum absolute atomic E-state index is 13.5. The summed E-state index contributed by atoms with van der Waals surface area (Å²) in [5.74, 6) is -0.346. The SMILES string of the molecule is CCCN(CCC)C(=O)c1cc(C)cc(C(=O)N[C@@H](Cc2ccccc2)[C@H](O)CNCCCc2ccc(C)cc2)c1. The van der Waals surface area contributed by atoms with Gasteiger partial charge in [0.1, 0.15) is 0 Å². The number of hydrogen-bond acceptors (Lipinski definition) is 4. The molecule has 0 aliphatic carbocycles. The summed E-state index contributed by atoms with van der Waals surface area (Å²) < 4.78 is 0. The smallest absolute Gasteiger partial charge is 0.253 e. The molecule has 2 atom stereocenters. The zero-order chi connectivity index (χ0) is 29.6. The highest BCUT2D eigenvalue weighted by molar-refractivity contribution is 6.00. The molecule has 0 unspecified atom stereocenters. The molecule has 0 saturated carbocycles. The highest BCUT2D eigenvalue weighted by atomic mass is 16.3. The summed E-state index contributed by atoms with van der Waals surface area (Å²) in [6, 6.07) is 23.3. The Morgan fingerprint density at radius 2 is 1.49 bits per heavy atom. The zero-order valence-corrected chi connectivity index (χ0v) is 25.2. The first-order valence-corrected chi connectivity index (χ1v) is 15.0. The minimum atomic E-state index is -0.783. The lowest BCUT2D eigenvalue weighted by Crippen LogP contribution is -2.49. The van der Waals surface area contributed by atoms with Gasteiger partial charge in [0, 0.05) is 30.8 Å². The molecule has 3 aromatic carbocycles. The molecular weight excluding hydrogens is 510 g/mol. The average molecular weight is 558 g/mol.